The lowest BCUT2D eigenvalue weighted by molar-refractivity contribution is -0.141. The number of halogens is 3. The minimum absolute atomic E-state index is 0.364. The first-order valence-corrected chi connectivity index (χ1v) is 6.10. The average molecular weight is 276 g/mol. The van der Waals surface area contributed by atoms with Crippen LogP contribution in [-0.2, 0) is 17.1 Å². The highest BCUT2D eigenvalue weighted by Crippen LogP contribution is 2.29. The van der Waals surface area contributed by atoms with Crippen molar-refractivity contribution < 1.29 is 17.7 Å². The Morgan fingerprint density at radius 2 is 2.22 bits per heavy atom. The number of alkyl halides is 3. The summed E-state index contributed by atoms with van der Waals surface area (Å²) in [7, 11) is -1.79. The van der Waals surface area contributed by atoms with Crippen LogP contribution in [0.2, 0.25) is 0 Å². The highest BCUT2D eigenvalue weighted by atomic mass is 32.2. The molecule has 1 aromatic heterocycles. The van der Waals surface area contributed by atoms with Gasteiger partial charge in [0.05, 0.1) is 0 Å². The molecule has 0 aliphatic rings. The first-order chi connectivity index (χ1) is 8.40. The van der Waals surface area contributed by atoms with Crippen LogP contribution in [0.5, 0.6) is 0 Å². The van der Waals surface area contributed by atoms with Crippen molar-refractivity contribution in [3.63, 3.8) is 0 Å². The molecule has 8 heteroatoms. The Balaban J connectivity index is 3.04. The lowest BCUT2D eigenvalue weighted by Crippen LogP contribution is -2.10. The summed E-state index contributed by atoms with van der Waals surface area (Å²) in [6, 6.07) is 2.02. The van der Waals surface area contributed by atoms with Crippen molar-refractivity contribution in [3.8, 4) is 6.19 Å². The SMILES string of the molecule is CC[C@H](c1ccc(C(F)(F)F)nc1)[S@@]([O-])=NC#N. The number of aromatic nitrogens is 1. The highest BCUT2D eigenvalue weighted by Gasteiger charge is 2.32. The second-order valence-electron chi connectivity index (χ2n) is 3.34. The standard InChI is InChI=1S/C10H9F3N3OS/c1-2-8(18(17)16-6-14)7-3-4-9(15-5-7)10(11,12)13/h3-5,8H,2H2,1H3/q-1/t8-,18-/m1/s1. The molecule has 1 rings (SSSR count). The summed E-state index contributed by atoms with van der Waals surface area (Å²) >= 11 is 0. The molecule has 98 valence electrons. The van der Waals surface area contributed by atoms with Gasteiger partial charge < -0.3 is 4.55 Å². The summed E-state index contributed by atoms with van der Waals surface area (Å²) in [5.41, 5.74) is -0.646. The Labute approximate surface area is 104 Å². The van der Waals surface area contributed by atoms with Crippen LogP contribution < -0.4 is 0 Å². The van der Waals surface area contributed by atoms with Crippen LogP contribution in [0.1, 0.15) is 29.9 Å². The molecule has 0 unspecified atom stereocenters. The van der Waals surface area contributed by atoms with Gasteiger partial charge in [-0.3, -0.25) is 4.98 Å². The zero-order chi connectivity index (χ0) is 13.8. The molecule has 0 aliphatic carbocycles. The lowest BCUT2D eigenvalue weighted by atomic mass is 10.1. The van der Waals surface area contributed by atoms with Gasteiger partial charge in [-0.2, -0.15) is 33.8 Å². The van der Waals surface area contributed by atoms with E-state index in [1.807, 2.05) is 0 Å². The monoisotopic (exact) mass is 276 g/mol. The number of nitrogens with zero attached hydrogens (tertiary/aromatic N) is 3. The Hall–Kier alpha value is -1.46. The predicted molar refractivity (Wildman–Crippen MR) is 58.5 cm³/mol. The largest absolute Gasteiger partial charge is 0.788 e. The third kappa shape index (κ3) is 3.51. The molecule has 0 fully saturated rings. The van der Waals surface area contributed by atoms with E-state index >= 15 is 0 Å². The van der Waals surface area contributed by atoms with E-state index in [0.717, 1.165) is 12.3 Å². The van der Waals surface area contributed by atoms with Crippen molar-refractivity contribution in [1.29, 1.82) is 5.26 Å². The van der Waals surface area contributed by atoms with Crippen molar-refractivity contribution >= 4 is 11.0 Å². The van der Waals surface area contributed by atoms with Crippen LogP contribution in [0.4, 0.5) is 13.2 Å². The van der Waals surface area contributed by atoms with Crippen LogP contribution in [0.3, 0.4) is 0 Å². The van der Waals surface area contributed by atoms with Crippen molar-refractivity contribution in [1.82, 2.24) is 4.98 Å². The fourth-order valence-electron chi connectivity index (χ4n) is 1.36. The summed E-state index contributed by atoms with van der Waals surface area (Å²) in [5, 5.41) is 7.68. The summed E-state index contributed by atoms with van der Waals surface area (Å²) in [6.07, 6.45) is -1.70. The molecule has 18 heavy (non-hydrogen) atoms. The second kappa shape index (κ2) is 5.93. The van der Waals surface area contributed by atoms with Gasteiger partial charge in [0.15, 0.2) is 0 Å². The molecule has 0 N–H and O–H groups in total. The van der Waals surface area contributed by atoms with E-state index in [1.54, 1.807) is 6.92 Å². The molecule has 0 saturated carbocycles. The topological polar surface area (TPSA) is 72.1 Å². The van der Waals surface area contributed by atoms with Gasteiger partial charge in [0.1, 0.15) is 5.69 Å². The normalized spacial score (nSPS) is 15.1. The number of pyridine rings is 1. The predicted octanol–water partition coefficient (Wildman–Crippen LogP) is 2.96. The van der Waals surface area contributed by atoms with E-state index in [9.17, 15) is 17.7 Å². The fraction of sp³-hybridized carbons (Fsp3) is 0.400. The molecular weight excluding hydrogens is 267 g/mol. The van der Waals surface area contributed by atoms with E-state index in [1.165, 1.54) is 12.3 Å². The van der Waals surface area contributed by atoms with Crippen LogP contribution in [0.25, 0.3) is 0 Å². The maximum Gasteiger partial charge on any atom is 0.433 e. The van der Waals surface area contributed by atoms with Crippen LogP contribution in [0, 0.1) is 11.5 Å². The lowest BCUT2D eigenvalue weighted by Gasteiger charge is -2.22. The molecule has 4 nitrogen and oxygen atoms in total. The minimum atomic E-state index is -4.50. The van der Waals surface area contributed by atoms with Crippen LogP contribution >= 0.6 is 0 Å². The van der Waals surface area contributed by atoms with Gasteiger partial charge in [-0.25, -0.2) is 0 Å². The third-order valence-electron chi connectivity index (χ3n) is 2.19. The van der Waals surface area contributed by atoms with E-state index in [0.29, 0.717) is 12.0 Å². The molecular formula is C10H9F3N3OS-. The maximum absolute atomic E-state index is 12.3. The number of hydrogen-bond donors (Lipinski definition) is 0. The fourth-order valence-corrected chi connectivity index (χ4v) is 2.23. The summed E-state index contributed by atoms with van der Waals surface area (Å²) in [6.45, 7) is 1.70. The van der Waals surface area contributed by atoms with E-state index in [-0.39, 0.29) is 0 Å². The summed E-state index contributed by atoms with van der Waals surface area (Å²) in [4.78, 5) is 3.28. The molecule has 2 atom stereocenters. The van der Waals surface area contributed by atoms with Crippen molar-refractivity contribution in [2.75, 3.05) is 0 Å². The highest BCUT2D eigenvalue weighted by molar-refractivity contribution is 7.81. The first-order valence-electron chi connectivity index (χ1n) is 4.93. The number of nitriles is 1. The summed E-state index contributed by atoms with van der Waals surface area (Å²) < 4.78 is 51.6. The van der Waals surface area contributed by atoms with Gasteiger partial charge >= 0.3 is 6.18 Å². The van der Waals surface area contributed by atoms with Gasteiger partial charge in [0.25, 0.3) is 0 Å². The Kier molecular flexibility index (Phi) is 4.81. The van der Waals surface area contributed by atoms with E-state index in [4.69, 9.17) is 5.26 Å². The maximum atomic E-state index is 12.3. The van der Waals surface area contributed by atoms with E-state index in [2.05, 4.69) is 9.35 Å². The summed E-state index contributed by atoms with van der Waals surface area (Å²) in [5.74, 6) is 0. The molecule has 0 saturated heterocycles. The number of rotatable bonds is 3. The molecule has 0 aliphatic heterocycles. The molecule has 0 bridgehead atoms. The Bertz CT molecular complexity index is 479. The second-order valence-corrected chi connectivity index (χ2v) is 4.64. The third-order valence-corrected chi connectivity index (χ3v) is 3.55. The minimum Gasteiger partial charge on any atom is -0.788 e. The molecule has 1 aromatic rings. The first kappa shape index (κ1) is 14.6. The van der Waals surface area contributed by atoms with Gasteiger partial charge in [-0.1, -0.05) is 13.0 Å². The quantitative estimate of drug-likeness (QED) is 0.797. The van der Waals surface area contributed by atoms with Gasteiger partial charge in [0.2, 0.25) is 6.19 Å². The smallest absolute Gasteiger partial charge is 0.433 e. The molecule has 1 heterocycles. The van der Waals surface area contributed by atoms with Crippen molar-refractivity contribution in [2.45, 2.75) is 24.8 Å². The van der Waals surface area contributed by atoms with Gasteiger partial charge in [-0.15, -0.1) is 0 Å². The van der Waals surface area contributed by atoms with Crippen molar-refractivity contribution in [2.24, 2.45) is 4.36 Å². The van der Waals surface area contributed by atoms with Crippen LogP contribution in [-0.4, -0.2) is 9.54 Å². The van der Waals surface area contributed by atoms with Crippen LogP contribution in [0.15, 0.2) is 22.7 Å². The molecule has 0 amide bonds. The molecule has 0 aromatic carbocycles. The average Bonchev–Trinajstić information content (AvgIpc) is 2.30. The van der Waals surface area contributed by atoms with Gasteiger partial charge in [-0.05, 0) is 18.1 Å². The zero-order valence-corrected chi connectivity index (χ0v) is 10.1. The Morgan fingerprint density at radius 3 is 2.61 bits per heavy atom. The van der Waals surface area contributed by atoms with E-state index < -0.39 is 28.1 Å². The molecule has 0 spiro atoms. The Morgan fingerprint density at radius 1 is 1.56 bits per heavy atom. The molecule has 0 radical (unpaired) electrons. The zero-order valence-electron chi connectivity index (χ0n) is 9.31. The number of hydrogen-bond acceptors (Lipinski definition) is 4. The van der Waals surface area contributed by atoms with Gasteiger partial charge in [0, 0.05) is 11.4 Å². The van der Waals surface area contributed by atoms with Crippen molar-refractivity contribution in [3.05, 3.63) is 29.6 Å².